The van der Waals surface area contributed by atoms with Gasteiger partial charge in [-0.25, -0.2) is 8.42 Å². The number of nitro groups is 1. The minimum Gasteiger partial charge on any atom is -0.507 e. The van der Waals surface area contributed by atoms with Gasteiger partial charge in [0.15, 0.2) is 9.84 Å². The SMILES string of the molecule is Cc1ccc(O)c(-c2n[nH]c3c2C(c2cccc([N+](=O)[O-])c2)N(C2CCS(=O)(=O)C2)C3=O)c1. The third-order valence-corrected chi connectivity index (χ3v) is 7.96. The highest BCUT2D eigenvalue weighted by atomic mass is 32.2. The number of nitro benzene ring substituents is 1. The number of aromatic amines is 1. The molecule has 3 aromatic rings. The van der Waals surface area contributed by atoms with Gasteiger partial charge in [0.1, 0.15) is 17.1 Å². The summed E-state index contributed by atoms with van der Waals surface area (Å²) in [6.45, 7) is 1.86. The van der Waals surface area contributed by atoms with Gasteiger partial charge in [-0.15, -0.1) is 0 Å². The number of benzene rings is 2. The highest BCUT2D eigenvalue weighted by Crippen LogP contribution is 2.47. The van der Waals surface area contributed by atoms with Crippen LogP contribution in [0.2, 0.25) is 0 Å². The van der Waals surface area contributed by atoms with Crippen LogP contribution in [0.3, 0.4) is 0 Å². The Bertz CT molecular complexity index is 1410. The highest BCUT2D eigenvalue weighted by molar-refractivity contribution is 7.91. The fourth-order valence-electron chi connectivity index (χ4n) is 4.72. The zero-order valence-electron chi connectivity index (χ0n) is 17.6. The van der Waals surface area contributed by atoms with Gasteiger partial charge in [0.05, 0.1) is 22.5 Å². The van der Waals surface area contributed by atoms with Crippen LogP contribution in [0.15, 0.2) is 42.5 Å². The number of phenolic OH excluding ortho intramolecular Hbond substituents is 1. The van der Waals surface area contributed by atoms with E-state index < -0.39 is 32.8 Å². The summed E-state index contributed by atoms with van der Waals surface area (Å²) in [6, 6.07) is 9.59. The lowest BCUT2D eigenvalue weighted by molar-refractivity contribution is -0.384. The summed E-state index contributed by atoms with van der Waals surface area (Å²) in [5, 5.41) is 29.0. The maximum atomic E-state index is 13.5. The lowest BCUT2D eigenvalue weighted by Gasteiger charge is -2.31. The molecule has 1 aromatic heterocycles. The molecule has 3 heterocycles. The lowest BCUT2D eigenvalue weighted by Crippen LogP contribution is -2.40. The third-order valence-electron chi connectivity index (χ3n) is 6.21. The van der Waals surface area contributed by atoms with Crippen LogP contribution in [0, 0.1) is 17.0 Å². The smallest absolute Gasteiger partial charge is 0.273 e. The predicted molar refractivity (Wildman–Crippen MR) is 119 cm³/mol. The molecule has 11 heteroatoms. The standard InChI is InChI=1S/C22H20N4O6S/c1-12-5-6-17(27)16(9-12)19-18-20(24-23-19)22(28)25(15-7-8-33(31,32)11-15)21(18)13-3-2-4-14(10-13)26(29)30/h2-6,9-10,15,21,27H,7-8,11H2,1H3,(H,23,24). The molecule has 2 atom stereocenters. The molecule has 2 aliphatic heterocycles. The van der Waals surface area contributed by atoms with Crippen LogP contribution in [-0.4, -0.2) is 57.0 Å². The van der Waals surface area contributed by atoms with Crippen molar-refractivity contribution >= 4 is 21.4 Å². The Labute approximate surface area is 188 Å². The quantitative estimate of drug-likeness (QED) is 0.442. The van der Waals surface area contributed by atoms with E-state index in [1.54, 1.807) is 18.2 Å². The molecule has 2 N–H and O–H groups in total. The molecular weight excluding hydrogens is 448 g/mol. The van der Waals surface area contributed by atoms with Gasteiger partial charge in [-0.1, -0.05) is 23.8 Å². The van der Waals surface area contributed by atoms with Crippen molar-refractivity contribution in [2.75, 3.05) is 11.5 Å². The number of carbonyl (C=O) groups excluding carboxylic acids is 1. The molecule has 1 saturated heterocycles. The number of hydrogen-bond donors (Lipinski definition) is 2. The Morgan fingerprint density at radius 3 is 2.73 bits per heavy atom. The number of sulfone groups is 1. The van der Waals surface area contributed by atoms with Crippen LogP contribution < -0.4 is 0 Å². The van der Waals surface area contributed by atoms with Gasteiger partial charge in [-0.05, 0) is 31.0 Å². The molecule has 0 aliphatic carbocycles. The van der Waals surface area contributed by atoms with E-state index in [0.29, 0.717) is 22.4 Å². The second kappa shape index (κ2) is 7.41. The number of aryl methyl sites for hydroxylation is 1. The molecule has 1 fully saturated rings. The van der Waals surface area contributed by atoms with Crippen molar-refractivity contribution in [3.8, 4) is 17.0 Å². The average Bonchev–Trinajstić information content (AvgIpc) is 3.43. The van der Waals surface area contributed by atoms with Crippen molar-refractivity contribution in [2.45, 2.75) is 25.4 Å². The van der Waals surface area contributed by atoms with Gasteiger partial charge in [-0.2, -0.15) is 5.10 Å². The van der Waals surface area contributed by atoms with Gasteiger partial charge in [0.25, 0.3) is 11.6 Å². The Kier molecular flexibility index (Phi) is 4.74. The normalized spacial score (nSPS) is 21.4. The van der Waals surface area contributed by atoms with E-state index in [1.165, 1.54) is 29.2 Å². The molecule has 0 saturated carbocycles. The van der Waals surface area contributed by atoms with Crippen molar-refractivity contribution in [3.63, 3.8) is 0 Å². The fraction of sp³-hybridized carbons (Fsp3) is 0.273. The summed E-state index contributed by atoms with van der Waals surface area (Å²) in [5.41, 5.74) is 2.61. The highest BCUT2D eigenvalue weighted by Gasteiger charge is 2.48. The number of aromatic hydroxyl groups is 1. The minimum atomic E-state index is -3.30. The number of H-pyrrole nitrogens is 1. The Hall–Kier alpha value is -3.73. The molecule has 0 radical (unpaired) electrons. The van der Waals surface area contributed by atoms with E-state index in [9.17, 15) is 28.4 Å². The number of fused-ring (bicyclic) bond motifs is 1. The second-order valence-corrected chi connectivity index (χ2v) is 10.6. The minimum absolute atomic E-state index is 0.0259. The molecule has 33 heavy (non-hydrogen) atoms. The van der Waals surface area contributed by atoms with E-state index in [0.717, 1.165) is 5.56 Å². The molecule has 2 aromatic carbocycles. The van der Waals surface area contributed by atoms with Crippen molar-refractivity contribution in [1.82, 2.24) is 15.1 Å². The molecule has 10 nitrogen and oxygen atoms in total. The van der Waals surface area contributed by atoms with E-state index in [1.807, 2.05) is 6.92 Å². The zero-order chi connectivity index (χ0) is 23.5. The molecule has 0 spiro atoms. The number of amides is 1. The first-order valence-electron chi connectivity index (χ1n) is 10.3. The summed E-state index contributed by atoms with van der Waals surface area (Å²) in [5.74, 6) is -0.648. The van der Waals surface area contributed by atoms with E-state index in [4.69, 9.17) is 0 Å². The number of aromatic nitrogens is 2. The summed E-state index contributed by atoms with van der Waals surface area (Å²) < 4.78 is 24.4. The van der Waals surface area contributed by atoms with E-state index in [2.05, 4.69) is 10.2 Å². The van der Waals surface area contributed by atoms with Crippen molar-refractivity contribution in [2.24, 2.45) is 0 Å². The summed E-state index contributed by atoms with van der Waals surface area (Å²) in [4.78, 5) is 25.8. The van der Waals surface area contributed by atoms with E-state index >= 15 is 0 Å². The van der Waals surface area contributed by atoms with Crippen LogP contribution in [-0.2, 0) is 9.84 Å². The first-order valence-corrected chi connectivity index (χ1v) is 12.1. The van der Waals surface area contributed by atoms with E-state index in [-0.39, 0.29) is 35.1 Å². The Balaban J connectivity index is 1.72. The molecule has 1 amide bonds. The Morgan fingerprint density at radius 1 is 1.24 bits per heavy atom. The van der Waals surface area contributed by atoms with Gasteiger partial charge in [0.2, 0.25) is 0 Å². The number of non-ortho nitro benzene ring substituents is 1. The third kappa shape index (κ3) is 3.44. The molecule has 5 rings (SSSR count). The van der Waals surface area contributed by atoms with Crippen LogP contribution in [0.5, 0.6) is 5.75 Å². The van der Waals surface area contributed by atoms with Crippen molar-refractivity contribution in [1.29, 1.82) is 0 Å². The van der Waals surface area contributed by atoms with Crippen LogP contribution in [0.1, 0.15) is 39.6 Å². The predicted octanol–water partition coefficient (Wildman–Crippen LogP) is 2.73. The maximum absolute atomic E-state index is 13.5. The summed E-state index contributed by atoms with van der Waals surface area (Å²) in [6.07, 6.45) is 0.280. The lowest BCUT2D eigenvalue weighted by atomic mass is 9.94. The molecule has 170 valence electrons. The topological polar surface area (TPSA) is 146 Å². The number of hydrogen-bond acceptors (Lipinski definition) is 7. The largest absolute Gasteiger partial charge is 0.507 e. The number of nitrogens with one attached hydrogen (secondary N) is 1. The van der Waals surface area contributed by atoms with Gasteiger partial charge in [-0.3, -0.25) is 20.0 Å². The summed E-state index contributed by atoms with van der Waals surface area (Å²) in [7, 11) is -3.30. The maximum Gasteiger partial charge on any atom is 0.273 e. The second-order valence-electron chi connectivity index (χ2n) is 8.41. The van der Waals surface area contributed by atoms with Crippen molar-refractivity contribution in [3.05, 3.63) is 75.0 Å². The average molecular weight is 468 g/mol. The number of phenols is 1. The number of nitrogens with zero attached hydrogens (tertiary/aromatic N) is 3. The fourth-order valence-corrected chi connectivity index (χ4v) is 6.43. The van der Waals surface area contributed by atoms with Crippen LogP contribution in [0.4, 0.5) is 5.69 Å². The Morgan fingerprint density at radius 2 is 2.03 bits per heavy atom. The first kappa shape index (κ1) is 21.1. The molecule has 2 aliphatic rings. The zero-order valence-corrected chi connectivity index (χ0v) is 18.4. The molecular formula is C22H20N4O6S. The van der Waals surface area contributed by atoms with Gasteiger partial charge < -0.3 is 10.0 Å². The number of carbonyl (C=O) groups is 1. The molecule has 0 bridgehead atoms. The van der Waals surface area contributed by atoms with Gasteiger partial charge >= 0.3 is 0 Å². The van der Waals surface area contributed by atoms with Crippen LogP contribution in [0.25, 0.3) is 11.3 Å². The first-order chi connectivity index (χ1) is 15.7. The summed E-state index contributed by atoms with van der Waals surface area (Å²) >= 11 is 0. The monoisotopic (exact) mass is 468 g/mol. The van der Waals surface area contributed by atoms with Gasteiger partial charge in [0, 0.05) is 29.3 Å². The van der Waals surface area contributed by atoms with Crippen LogP contribution >= 0.6 is 0 Å². The van der Waals surface area contributed by atoms with Crippen molar-refractivity contribution < 1.29 is 23.2 Å². The molecule has 2 unspecified atom stereocenters. The number of rotatable bonds is 4.